The van der Waals surface area contributed by atoms with E-state index < -0.39 is 10.0 Å². The molecular formula is C30H23Cl2N5O2S. The first-order chi connectivity index (χ1) is 19.3. The topological polar surface area (TPSA) is 93.6 Å². The van der Waals surface area contributed by atoms with Crippen LogP contribution in [0.25, 0.3) is 16.9 Å². The summed E-state index contributed by atoms with van der Waals surface area (Å²) in [6, 6.07) is 31.2. The summed E-state index contributed by atoms with van der Waals surface area (Å²) in [4.78, 5) is 0.0349. The van der Waals surface area contributed by atoms with Crippen molar-refractivity contribution in [3.05, 3.63) is 130 Å². The lowest BCUT2D eigenvalue weighted by molar-refractivity contribution is 0.597. The number of anilines is 1. The second-order valence-electron chi connectivity index (χ2n) is 9.38. The van der Waals surface area contributed by atoms with Crippen molar-refractivity contribution >= 4 is 44.6 Å². The van der Waals surface area contributed by atoms with Gasteiger partial charge in [0.15, 0.2) is 0 Å². The van der Waals surface area contributed by atoms with Crippen molar-refractivity contribution in [1.29, 1.82) is 0 Å². The summed E-state index contributed by atoms with van der Waals surface area (Å²) >= 11 is 12.3. The van der Waals surface area contributed by atoms with Crippen LogP contribution in [0, 0.1) is 0 Å². The van der Waals surface area contributed by atoms with Gasteiger partial charge in [0.2, 0.25) is 10.0 Å². The van der Waals surface area contributed by atoms with E-state index >= 15 is 0 Å². The third-order valence-electron chi connectivity index (χ3n) is 6.76. The number of primary sulfonamides is 1. The van der Waals surface area contributed by atoms with Gasteiger partial charge in [-0.05, 0) is 66.2 Å². The van der Waals surface area contributed by atoms with Crippen LogP contribution in [0.2, 0.25) is 10.0 Å². The van der Waals surface area contributed by atoms with Crippen LogP contribution in [0.5, 0.6) is 0 Å². The Kier molecular flexibility index (Phi) is 6.93. The fourth-order valence-corrected chi connectivity index (χ4v) is 5.54. The van der Waals surface area contributed by atoms with Crippen LogP contribution in [0.4, 0.5) is 5.69 Å². The number of hydrogen-bond donors (Lipinski definition) is 1. The lowest BCUT2D eigenvalue weighted by atomic mass is 9.96. The van der Waals surface area contributed by atoms with Gasteiger partial charge in [-0.1, -0.05) is 65.7 Å². The van der Waals surface area contributed by atoms with Gasteiger partial charge in [0, 0.05) is 33.8 Å². The molecule has 0 aliphatic carbocycles. The molecule has 40 heavy (non-hydrogen) atoms. The number of hydrogen-bond acceptors (Lipinski definition) is 5. The monoisotopic (exact) mass is 587 g/mol. The number of para-hydroxylation sites is 1. The molecule has 0 fully saturated rings. The molecule has 6 rings (SSSR count). The van der Waals surface area contributed by atoms with Crippen molar-refractivity contribution in [2.24, 2.45) is 10.2 Å². The normalized spacial score (nSPS) is 15.3. The standard InChI is InChI=1S/C30H23Cl2N5O2S/c31-22-10-6-20(7-11-22)28-18-29(37(34-28)25-14-16-26(17-15-25)40(33,38)39)27-19-36(24-4-2-1-3-5-24)35-30(27)21-8-12-23(32)13-9-21/h1-17,19,29H,18H2,(H2,33,38,39). The van der Waals surface area contributed by atoms with Gasteiger partial charge in [-0.15, -0.1) is 0 Å². The van der Waals surface area contributed by atoms with Crippen LogP contribution in [0.15, 0.2) is 119 Å². The molecule has 0 amide bonds. The first kappa shape index (κ1) is 26.3. The van der Waals surface area contributed by atoms with E-state index in [-0.39, 0.29) is 10.9 Å². The Bertz CT molecular complexity index is 1800. The van der Waals surface area contributed by atoms with Crippen LogP contribution < -0.4 is 10.1 Å². The lowest BCUT2D eigenvalue weighted by Crippen LogP contribution is -2.19. The largest absolute Gasteiger partial charge is 0.257 e. The third-order valence-corrected chi connectivity index (χ3v) is 8.19. The molecule has 0 radical (unpaired) electrons. The Morgan fingerprint density at radius 3 is 1.95 bits per heavy atom. The highest BCUT2D eigenvalue weighted by Gasteiger charge is 2.34. The van der Waals surface area contributed by atoms with Gasteiger partial charge in [-0.25, -0.2) is 18.2 Å². The fraction of sp³-hybridized carbons (Fsp3) is 0.0667. The Labute approximate surface area is 242 Å². The summed E-state index contributed by atoms with van der Waals surface area (Å²) in [7, 11) is -3.83. The Morgan fingerprint density at radius 2 is 1.35 bits per heavy atom. The minimum Gasteiger partial charge on any atom is -0.257 e. The maximum Gasteiger partial charge on any atom is 0.238 e. The zero-order valence-electron chi connectivity index (χ0n) is 21.0. The van der Waals surface area contributed by atoms with Crippen molar-refractivity contribution in [2.75, 3.05) is 5.01 Å². The van der Waals surface area contributed by atoms with Crippen LogP contribution in [-0.4, -0.2) is 23.9 Å². The SMILES string of the molecule is NS(=O)(=O)c1ccc(N2N=C(c3ccc(Cl)cc3)CC2c2cn(-c3ccccc3)nc2-c2ccc(Cl)cc2)cc1. The van der Waals surface area contributed by atoms with Gasteiger partial charge >= 0.3 is 0 Å². The number of nitrogens with zero attached hydrogens (tertiary/aromatic N) is 4. The van der Waals surface area contributed by atoms with Crippen LogP contribution in [0.1, 0.15) is 23.6 Å². The van der Waals surface area contributed by atoms with Crippen molar-refractivity contribution in [3.63, 3.8) is 0 Å². The number of benzene rings is 4. The summed E-state index contributed by atoms with van der Waals surface area (Å²) < 4.78 is 25.6. The van der Waals surface area contributed by atoms with Crippen molar-refractivity contribution < 1.29 is 8.42 Å². The van der Waals surface area contributed by atoms with Gasteiger partial charge in [0.25, 0.3) is 0 Å². The molecule has 1 aliphatic heterocycles. The first-order valence-corrected chi connectivity index (χ1v) is 14.7. The Hall–Kier alpha value is -3.95. The summed E-state index contributed by atoms with van der Waals surface area (Å²) in [5.41, 5.74) is 6.12. The molecule has 200 valence electrons. The molecule has 1 aliphatic rings. The van der Waals surface area contributed by atoms with E-state index in [2.05, 4.69) is 0 Å². The molecule has 1 atom stereocenters. The summed E-state index contributed by atoms with van der Waals surface area (Å²) in [6.45, 7) is 0. The minimum atomic E-state index is -3.83. The molecule has 4 aromatic carbocycles. The van der Waals surface area contributed by atoms with Gasteiger partial charge < -0.3 is 0 Å². The molecule has 0 saturated carbocycles. The molecule has 1 unspecified atom stereocenters. The smallest absolute Gasteiger partial charge is 0.238 e. The van der Waals surface area contributed by atoms with Crippen LogP contribution >= 0.6 is 23.2 Å². The maximum atomic E-state index is 11.9. The second-order valence-corrected chi connectivity index (χ2v) is 11.8. The molecule has 2 heterocycles. The predicted octanol–water partition coefficient (Wildman–Crippen LogP) is 6.85. The number of rotatable bonds is 6. The molecule has 0 bridgehead atoms. The number of halogens is 2. The van der Waals surface area contributed by atoms with Gasteiger partial charge in [-0.3, -0.25) is 5.01 Å². The third kappa shape index (κ3) is 5.26. The van der Waals surface area contributed by atoms with Crippen LogP contribution in [0.3, 0.4) is 0 Å². The molecule has 0 spiro atoms. The Balaban J connectivity index is 1.50. The van der Waals surface area contributed by atoms with Crippen molar-refractivity contribution in [1.82, 2.24) is 9.78 Å². The second kappa shape index (κ2) is 10.6. The summed E-state index contributed by atoms with van der Waals surface area (Å²) in [6.07, 6.45) is 2.61. The molecule has 5 aromatic rings. The van der Waals surface area contributed by atoms with Crippen LogP contribution in [-0.2, 0) is 10.0 Å². The lowest BCUT2D eigenvalue weighted by Gasteiger charge is -2.24. The molecule has 10 heteroatoms. The highest BCUT2D eigenvalue weighted by molar-refractivity contribution is 7.89. The van der Waals surface area contributed by atoms with Gasteiger partial charge in [0.05, 0.1) is 33.7 Å². The average Bonchev–Trinajstić information content (AvgIpc) is 3.59. The molecule has 2 N–H and O–H groups in total. The fourth-order valence-electron chi connectivity index (χ4n) is 4.77. The molecule has 1 aromatic heterocycles. The number of hydrazone groups is 1. The molecule has 7 nitrogen and oxygen atoms in total. The van der Waals surface area contributed by atoms with E-state index in [0.29, 0.717) is 16.5 Å². The predicted molar refractivity (Wildman–Crippen MR) is 160 cm³/mol. The van der Waals surface area contributed by atoms with E-state index in [9.17, 15) is 8.42 Å². The maximum absolute atomic E-state index is 11.9. The molecular weight excluding hydrogens is 565 g/mol. The zero-order chi connectivity index (χ0) is 27.9. The number of aromatic nitrogens is 2. The quantitative estimate of drug-likeness (QED) is 0.235. The van der Waals surface area contributed by atoms with E-state index in [1.165, 1.54) is 12.1 Å². The van der Waals surface area contributed by atoms with Crippen molar-refractivity contribution in [2.45, 2.75) is 17.4 Å². The van der Waals surface area contributed by atoms with Crippen molar-refractivity contribution in [3.8, 4) is 16.9 Å². The summed E-state index contributed by atoms with van der Waals surface area (Å²) in [5.74, 6) is 0. The minimum absolute atomic E-state index is 0.0349. The number of nitrogens with two attached hydrogens (primary N) is 1. The highest BCUT2D eigenvalue weighted by Crippen LogP contribution is 2.41. The van der Waals surface area contributed by atoms with Gasteiger partial charge in [-0.2, -0.15) is 10.2 Å². The van der Waals surface area contributed by atoms with E-state index in [1.54, 1.807) is 12.1 Å². The summed E-state index contributed by atoms with van der Waals surface area (Å²) in [5, 5.41) is 18.5. The zero-order valence-corrected chi connectivity index (χ0v) is 23.4. The van der Waals surface area contributed by atoms with E-state index in [0.717, 1.165) is 39.5 Å². The average molecular weight is 589 g/mol. The first-order valence-electron chi connectivity index (χ1n) is 12.4. The van der Waals surface area contributed by atoms with E-state index in [1.807, 2.05) is 94.8 Å². The Morgan fingerprint density at radius 1 is 0.750 bits per heavy atom. The van der Waals surface area contributed by atoms with E-state index in [4.69, 9.17) is 38.5 Å². The number of sulfonamides is 1. The van der Waals surface area contributed by atoms with Gasteiger partial charge in [0.1, 0.15) is 0 Å². The highest BCUT2D eigenvalue weighted by atomic mass is 35.5. The molecule has 0 saturated heterocycles.